The fourth-order valence-electron chi connectivity index (χ4n) is 3.66. The highest BCUT2D eigenvalue weighted by atomic mass is 35.5. The van der Waals surface area contributed by atoms with Gasteiger partial charge in [0.15, 0.2) is 0 Å². The van der Waals surface area contributed by atoms with E-state index in [0.29, 0.717) is 13.0 Å². The highest BCUT2D eigenvalue weighted by Gasteiger charge is 2.34. The summed E-state index contributed by atoms with van der Waals surface area (Å²) in [5.41, 5.74) is 4.02. The van der Waals surface area contributed by atoms with Crippen molar-refractivity contribution in [2.24, 2.45) is 0 Å². The van der Waals surface area contributed by atoms with Crippen molar-refractivity contribution in [3.8, 4) is 0 Å². The molecule has 0 aliphatic carbocycles. The number of halogens is 1. The normalized spacial score (nSPS) is 17.6. The first-order valence-electron chi connectivity index (χ1n) is 8.60. The van der Waals surface area contributed by atoms with Crippen LogP contribution in [-0.2, 0) is 11.3 Å². The van der Waals surface area contributed by atoms with Crippen molar-refractivity contribution < 1.29 is 4.79 Å². The molecule has 5 heteroatoms. The minimum absolute atomic E-state index is 0.107. The summed E-state index contributed by atoms with van der Waals surface area (Å²) >= 11 is 6.12. The van der Waals surface area contributed by atoms with Crippen LogP contribution < -0.4 is 4.90 Å². The second-order valence-corrected chi connectivity index (χ2v) is 6.95. The standard InChI is InChI=1S/C20H20ClN3O/c1-3-23-18-7-5-4-6-17(18)22-20(23)14-11-19(25)24(12-14)15-8-9-16(21)13(2)10-15/h4-10,14H,3,11-12H2,1-2H3. The zero-order valence-corrected chi connectivity index (χ0v) is 15.1. The van der Waals surface area contributed by atoms with E-state index in [-0.39, 0.29) is 11.8 Å². The minimum atomic E-state index is 0.107. The van der Waals surface area contributed by atoms with Gasteiger partial charge in [-0.2, -0.15) is 0 Å². The zero-order valence-electron chi connectivity index (χ0n) is 14.4. The molecule has 2 aromatic carbocycles. The summed E-state index contributed by atoms with van der Waals surface area (Å²) in [5.74, 6) is 1.25. The number of amides is 1. The van der Waals surface area contributed by atoms with E-state index in [2.05, 4.69) is 17.6 Å². The van der Waals surface area contributed by atoms with E-state index < -0.39 is 0 Å². The Morgan fingerprint density at radius 1 is 1.24 bits per heavy atom. The Balaban J connectivity index is 1.69. The molecule has 1 aliphatic heterocycles. The highest BCUT2D eigenvalue weighted by molar-refractivity contribution is 6.31. The van der Waals surface area contributed by atoms with Gasteiger partial charge < -0.3 is 9.47 Å². The number of imidazole rings is 1. The maximum atomic E-state index is 12.6. The number of nitrogens with zero attached hydrogens (tertiary/aromatic N) is 3. The molecule has 2 heterocycles. The maximum Gasteiger partial charge on any atom is 0.227 e. The van der Waals surface area contributed by atoms with Gasteiger partial charge in [-0.25, -0.2) is 4.98 Å². The number of aromatic nitrogens is 2. The fraction of sp³-hybridized carbons (Fsp3) is 0.300. The minimum Gasteiger partial charge on any atom is -0.328 e. The van der Waals surface area contributed by atoms with Crippen molar-refractivity contribution in [3.63, 3.8) is 0 Å². The Morgan fingerprint density at radius 3 is 2.80 bits per heavy atom. The molecule has 4 rings (SSSR count). The van der Waals surface area contributed by atoms with E-state index >= 15 is 0 Å². The van der Waals surface area contributed by atoms with Crippen LogP contribution in [0.1, 0.15) is 30.7 Å². The summed E-state index contributed by atoms with van der Waals surface area (Å²) in [5, 5.41) is 0.722. The summed E-state index contributed by atoms with van der Waals surface area (Å²) in [6.07, 6.45) is 0.491. The molecule has 1 aromatic heterocycles. The highest BCUT2D eigenvalue weighted by Crippen LogP contribution is 2.34. The van der Waals surface area contributed by atoms with E-state index in [9.17, 15) is 4.79 Å². The third-order valence-electron chi connectivity index (χ3n) is 4.94. The van der Waals surface area contributed by atoms with Crippen molar-refractivity contribution in [1.82, 2.24) is 9.55 Å². The van der Waals surface area contributed by atoms with Crippen molar-refractivity contribution in [3.05, 3.63) is 58.9 Å². The van der Waals surface area contributed by atoms with Crippen LogP contribution in [0.25, 0.3) is 11.0 Å². The van der Waals surface area contributed by atoms with Gasteiger partial charge in [0.25, 0.3) is 0 Å². The molecule has 1 fully saturated rings. The predicted octanol–water partition coefficient (Wildman–Crippen LogP) is 4.54. The predicted molar refractivity (Wildman–Crippen MR) is 101 cm³/mol. The number of carbonyl (C=O) groups is 1. The van der Waals surface area contributed by atoms with Crippen LogP contribution in [0.15, 0.2) is 42.5 Å². The van der Waals surface area contributed by atoms with E-state index in [1.165, 1.54) is 0 Å². The number of fused-ring (bicyclic) bond motifs is 1. The maximum absolute atomic E-state index is 12.6. The third kappa shape index (κ3) is 2.71. The molecule has 0 spiro atoms. The molecule has 3 aromatic rings. The number of carbonyl (C=O) groups excluding carboxylic acids is 1. The van der Waals surface area contributed by atoms with E-state index in [4.69, 9.17) is 16.6 Å². The second-order valence-electron chi connectivity index (χ2n) is 6.54. The number of para-hydroxylation sites is 2. The molecule has 1 unspecified atom stereocenters. The molecule has 0 N–H and O–H groups in total. The first-order chi connectivity index (χ1) is 12.1. The van der Waals surface area contributed by atoms with Crippen molar-refractivity contribution in [2.45, 2.75) is 32.7 Å². The van der Waals surface area contributed by atoms with Gasteiger partial charge >= 0.3 is 0 Å². The first-order valence-corrected chi connectivity index (χ1v) is 8.98. The summed E-state index contributed by atoms with van der Waals surface area (Å²) in [4.78, 5) is 19.3. The molecule has 4 nitrogen and oxygen atoms in total. The van der Waals surface area contributed by atoms with Crippen LogP contribution in [0.2, 0.25) is 5.02 Å². The Labute approximate surface area is 152 Å². The lowest BCUT2D eigenvalue weighted by molar-refractivity contribution is -0.117. The Hall–Kier alpha value is -2.33. The van der Waals surface area contributed by atoms with Crippen LogP contribution in [0, 0.1) is 6.92 Å². The molecule has 1 atom stereocenters. The molecular formula is C20H20ClN3O. The van der Waals surface area contributed by atoms with Gasteiger partial charge in [-0.15, -0.1) is 0 Å². The van der Waals surface area contributed by atoms with Crippen LogP contribution in [-0.4, -0.2) is 22.0 Å². The van der Waals surface area contributed by atoms with E-state index in [1.54, 1.807) is 0 Å². The smallest absolute Gasteiger partial charge is 0.227 e. The Bertz CT molecular complexity index is 963. The van der Waals surface area contributed by atoms with E-state index in [0.717, 1.165) is 39.7 Å². The van der Waals surface area contributed by atoms with Crippen LogP contribution in [0.3, 0.4) is 0 Å². The number of rotatable bonds is 3. The first kappa shape index (κ1) is 16.2. The number of anilines is 1. The van der Waals surface area contributed by atoms with E-state index in [1.807, 2.05) is 48.2 Å². The number of aryl methyl sites for hydroxylation is 2. The van der Waals surface area contributed by atoms with Crippen LogP contribution in [0.5, 0.6) is 0 Å². The van der Waals surface area contributed by atoms with Crippen LogP contribution >= 0.6 is 11.6 Å². The quantitative estimate of drug-likeness (QED) is 0.693. The summed E-state index contributed by atoms with van der Waals surface area (Å²) in [6.45, 7) is 5.58. The van der Waals surface area contributed by atoms with Crippen molar-refractivity contribution in [1.29, 1.82) is 0 Å². The monoisotopic (exact) mass is 353 g/mol. The molecule has 1 aliphatic rings. The lowest BCUT2D eigenvalue weighted by Gasteiger charge is -2.18. The van der Waals surface area contributed by atoms with Gasteiger partial charge in [-0.3, -0.25) is 4.79 Å². The van der Waals surface area contributed by atoms with Crippen LogP contribution in [0.4, 0.5) is 5.69 Å². The molecule has 1 amide bonds. The van der Waals surface area contributed by atoms with Gasteiger partial charge in [0, 0.05) is 36.1 Å². The molecule has 0 saturated carbocycles. The summed E-state index contributed by atoms with van der Waals surface area (Å²) < 4.78 is 2.23. The van der Waals surface area contributed by atoms with Gasteiger partial charge in [0.1, 0.15) is 5.82 Å². The molecule has 25 heavy (non-hydrogen) atoms. The Kier molecular flexibility index (Phi) is 4.00. The largest absolute Gasteiger partial charge is 0.328 e. The molecule has 1 saturated heterocycles. The average Bonchev–Trinajstić information content (AvgIpc) is 3.17. The Morgan fingerprint density at radius 2 is 2.04 bits per heavy atom. The second kappa shape index (κ2) is 6.19. The average molecular weight is 354 g/mol. The summed E-state index contributed by atoms with van der Waals surface area (Å²) in [6, 6.07) is 13.9. The SMILES string of the molecule is CCn1c(C2CC(=O)N(c3ccc(Cl)c(C)c3)C2)nc2ccccc21. The third-order valence-corrected chi connectivity index (χ3v) is 5.37. The number of benzene rings is 2. The topological polar surface area (TPSA) is 38.1 Å². The van der Waals surface area contributed by atoms with Gasteiger partial charge in [-0.05, 0) is 49.7 Å². The molecular weight excluding hydrogens is 334 g/mol. The van der Waals surface area contributed by atoms with Gasteiger partial charge in [0.05, 0.1) is 11.0 Å². The van der Waals surface area contributed by atoms with Crippen molar-refractivity contribution in [2.75, 3.05) is 11.4 Å². The van der Waals surface area contributed by atoms with Gasteiger partial charge in [0.2, 0.25) is 5.91 Å². The zero-order chi connectivity index (χ0) is 17.6. The fourth-order valence-corrected chi connectivity index (χ4v) is 3.78. The number of hydrogen-bond donors (Lipinski definition) is 0. The van der Waals surface area contributed by atoms with Gasteiger partial charge in [-0.1, -0.05) is 23.7 Å². The molecule has 0 bridgehead atoms. The lowest BCUT2D eigenvalue weighted by Crippen LogP contribution is -2.24. The molecule has 128 valence electrons. The molecule has 0 radical (unpaired) electrons. The van der Waals surface area contributed by atoms with Crippen molar-refractivity contribution >= 4 is 34.2 Å². The number of hydrogen-bond acceptors (Lipinski definition) is 2. The lowest BCUT2D eigenvalue weighted by atomic mass is 10.1. The summed E-state index contributed by atoms with van der Waals surface area (Å²) in [7, 11) is 0.